The number of primary sulfonamides is 1. The first kappa shape index (κ1) is 18.7. The maximum Gasteiger partial charge on any atom is 0.243 e. The topological polar surface area (TPSA) is 86.2 Å². The largest absolute Gasteiger partial charge is 0.360 e. The Morgan fingerprint density at radius 1 is 1.08 bits per heavy atom. The van der Waals surface area contributed by atoms with Crippen molar-refractivity contribution in [3.05, 3.63) is 57.8 Å². The Bertz CT molecular complexity index is 1100. The van der Waals surface area contributed by atoms with Gasteiger partial charge in [-0.1, -0.05) is 33.2 Å². The zero-order valence-corrected chi connectivity index (χ0v) is 16.1. The van der Waals surface area contributed by atoms with Crippen LogP contribution in [-0.2, 0) is 10.0 Å². The number of nitrogens with two attached hydrogens (primary N) is 1. The third-order valence-corrected chi connectivity index (χ3v) is 5.69. The molecule has 1 aromatic heterocycles. The fraction of sp³-hybridized carbons (Fsp3) is 0.118. The van der Waals surface area contributed by atoms with Gasteiger partial charge < -0.3 is 4.52 Å². The van der Waals surface area contributed by atoms with Crippen LogP contribution in [0.5, 0.6) is 0 Å². The number of nitrogens with zero attached hydrogens (tertiary/aromatic N) is 1. The molecule has 5 nitrogen and oxygen atoms in total. The maximum atomic E-state index is 14.2. The SMILES string of the molecule is Cc1ccc(-c2noc(C)c2-c2cc(F)c(S(N)(=O)=O)c(F)c2)cc1Br. The van der Waals surface area contributed by atoms with Crippen LogP contribution in [0.15, 0.2) is 44.2 Å². The average molecular weight is 443 g/mol. The van der Waals surface area contributed by atoms with Gasteiger partial charge in [0.15, 0.2) is 4.90 Å². The smallest absolute Gasteiger partial charge is 0.243 e. The lowest BCUT2D eigenvalue weighted by molar-refractivity contribution is 0.400. The molecule has 0 aliphatic carbocycles. The van der Waals surface area contributed by atoms with Gasteiger partial charge in [-0.05, 0) is 43.2 Å². The van der Waals surface area contributed by atoms with Gasteiger partial charge in [-0.25, -0.2) is 22.3 Å². The molecule has 0 radical (unpaired) electrons. The Balaban J connectivity index is 2.23. The highest BCUT2D eigenvalue weighted by Gasteiger charge is 2.24. The van der Waals surface area contributed by atoms with Crippen LogP contribution in [0.1, 0.15) is 11.3 Å². The molecule has 0 spiro atoms. The van der Waals surface area contributed by atoms with Crippen LogP contribution in [0.25, 0.3) is 22.4 Å². The van der Waals surface area contributed by atoms with Gasteiger partial charge in [0.05, 0.1) is 5.56 Å². The van der Waals surface area contributed by atoms with E-state index >= 15 is 0 Å². The Morgan fingerprint density at radius 3 is 2.23 bits per heavy atom. The second-order valence-electron chi connectivity index (χ2n) is 5.74. The van der Waals surface area contributed by atoms with E-state index in [1.807, 2.05) is 19.1 Å². The van der Waals surface area contributed by atoms with Gasteiger partial charge in [0, 0.05) is 10.0 Å². The van der Waals surface area contributed by atoms with Crippen LogP contribution >= 0.6 is 15.9 Å². The molecule has 0 aliphatic rings. The summed E-state index contributed by atoms with van der Waals surface area (Å²) in [5.74, 6) is -2.22. The summed E-state index contributed by atoms with van der Waals surface area (Å²) in [6, 6.07) is 7.26. The highest BCUT2D eigenvalue weighted by Crippen LogP contribution is 2.37. The molecule has 26 heavy (non-hydrogen) atoms. The number of rotatable bonds is 3. The van der Waals surface area contributed by atoms with Gasteiger partial charge in [-0.3, -0.25) is 0 Å². The van der Waals surface area contributed by atoms with Crippen LogP contribution in [0.3, 0.4) is 0 Å². The zero-order chi connectivity index (χ0) is 19.2. The second kappa shape index (κ2) is 6.57. The lowest BCUT2D eigenvalue weighted by Crippen LogP contribution is -2.16. The molecule has 3 aromatic rings. The van der Waals surface area contributed by atoms with Crippen molar-refractivity contribution in [3.63, 3.8) is 0 Å². The quantitative estimate of drug-likeness (QED) is 0.654. The molecular formula is C17H13BrF2N2O3S. The molecule has 2 N–H and O–H groups in total. The van der Waals surface area contributed by atoms with Crippen molar-refractivity contribution in [1.29, 1.82) is 0 Å². The molecule has 0 saturated carbocycles. The Labute approximate surface area is 157 Å². The van der Waals surface area contributed by atoms with E-state index < -0.39 is 26.6 Å². The first-order valence-electron chi connectivity index (χ1n) is 7.34. The van der Waals surface area contributed by atoms with E-state index in [-0.39, 0.29) is 5.56 Å². The summed E-state index contributed by atoms with van der Waals surface area (Å²) in [5, 5.41) is 8.84. The predicted octanol–water partition coefficient (Wildman–Crippen LogP) is 4.31. The van der Waals surface area contributed by atoms with Crippen LogP contribution in [0, 0.1) is 25.5 Å². The Kier molecular flexibility index (Phi) is 4.72. The van der Waals surface area contributed by atoms with Gasteiger partial charge in [0.2, 0.25) is 10.0 Å². The van der Waals surface area contributed by atoms with E-state index in [2.05, 4.69) is 21.1 Å². The van der Waals surface area contributed by atoms with E-state index in [0.29, 0.717) is 22.6 Å². The third-order valence-electron chi connectivity index (χ3n) is 3.88. The lowest BCUT2D eigenvalue weighted by Gasteiger charge is -2.08. The molecule has 0 saturated heterocycles. The molecule has 1 heterocycles. The van der Waals surface area contributed by atoms with E-state index in [1.54, 1.807) is 13.0 Å². The number of benzene rings is 2. The number of hydrogen-bond acceptors (Lipinski definition) is 4. The second-order valence-corrected chi connectivity index (χ2v) is 8.09. The molecule has 9 heteroatoms. The molecular weight excluding hydrogens is 430 g/mol. The Hall–Kier alpha value is -2.10. The molecule has 0 fully saturated rings. The number of sulfonamides is 1. The predicted molar refractivity (Wildman–Crippen MR) is 95.8 cm³/mol. The number of aromatic nitrogens is 1. The molecule has 3 rings (SSSR count). The zero-order valence-electron chi connectivity index (χ0n) is 13.7. The first-order chi connectivity index (χ1) is 12.1. The molecule has 0 unspecified atom stereocenters. The van der Waals surface area contributed by atoms with Crippen molar-refractivity contribution < 1.29 is 21.7 Å². The summed E-state index contributed by atoms with van der Waals surface area (Å²) in [6.45, 7) is 3.51. The highest BCUT2D eigenvalue weighted by atomic mass is 79.9. The van der Waals surface area contributed by atoms with Crippen molar-refractivity contribution >= 4 is 26.0 Å². The van der Waals surface area contributed by atoms with Crippen molar-refractivity contribution in [1.82, 2.24) is 5.16 Å². The first-order valence-corrected chi connectivity index (χ1v) is 9.68. The molecule has 136 valence electrons. The number of halogens is 3. The maximum absolute atomic E-state index is 14.2. The molecule has 2 aromatic carbocycles. The van der Waals surface area contributed by atoms with Crippen LogP contribution in [-0.4, -0.2) is 13.6 Å². The minimum atomic E-state index is -4.53. The summed E-state index contributed by atoms with van der Waals surface area (Å²) in [5.41, 5.74) is 2.51. The molecule has 0 atom stereocenters. The van der Waals surface area contributed by atoms with Crippen molar-refractivity contribution in [3.8, 4) is 22.4 Å². The highest BCUT2D eigenvalue weighted by molar-refractivity contribution is 9.10. The van der Waals surface area contributed by atoms with Crippen molar-refractivity contribution in [2.45, 2.75) is 18.7 Å². The van der Waals surface area contributed by atoms with Gasteiger partial charge in [0.1, 0.15) is 23.1 Å². The summed E-state index contributed by atoms with van der Waals surface area (Å²) in [6.07, 6.45) is 0. The fourth-order valence-corrected chi connectivity index (χ4v) is 3.67. The molecule has 0 aliphatic heterocycles. The van der Waals surface area contributed by atoms with Crippen molar-refractivity contribution in [2.24, 2.45) is 5.14 Å². The summed E-state index contributed by atoms with van der Waals surface area (Å²) in [4.78, 5) is -1.17. The van der Waals surface area contributed by atoms with E-state index in [1.165, 1.54) is 0 Å². The minimum Gasteiger partial charge on any atom is -0.360 e. The van der Waals surface area contributed by atoms with Gasteiger partial charge in [-0.15, -0.1) is 0 Å². The summed E-state index contributed by atoms with van der Waals surface area (Å²) >= 11 is 3.43. The molecule has 0 amide bonds. The van der Waals surface area contributed by atoms with Crippen LogP contribution in [0.4, 0.5) is 8.78 Å². The minimum absolute atomic E-state index is 0.0952. The number of aryl methyl sites for hydroxylation is 2. The lowest BCUT2D eigenvalue weighted by atomic mass is 9.98. The fourth-order valence-electron chi connectivity index (χ4n) is 2.63. The van der Waals surface area contributed by atoms with Crippen LogP contribution < -0.4 is 5.14 Å². The van der Waals surface area contributed by atoms with Gasteiger partial charge >= 0.3 is 0 Å². The standard InChI is InChI=1S/C17H13BrF2N2O3S/c1-8-3-4-10(5-12(8)18)16-15(9(2)25-22-16)11-6-13(19)17(14(20)7-11)26(21,23)24/h3-7H,1-2H3,(H2,21,23,24). The van der Waals surface area contributed by atoms with Gasteiger partial charge in [-0.2, -0.15) is 0 Å². The third kappa shape index (κ3) is 3.29. The molecule has 0 bridgehead atoms. The Morgan fingerprint density at radius 2 is 1.69 bits per heavy atom. The summed E-state index contributed by atoms with van der Waals surface area (Å²) in [7, 11) is -4.53. The normalized spacial score (nSPS) is 11.8. The monoisotopic (exact) mass is 442 g/mol. The number of hydrogen-bond donors (Lipinski definition) is 1. The van der Waals surface area contributed by atoms with Crippen LogP contribution in [0.2, 0.25) is 0 Å². The van der Waals surface area contributed by atoms with E-state index in [0.717, 1.165) is 22.2 Å². The summed E-state index contributed by atoms with van der Waals surface area (Å²) < 4.78 is 57.2. The van der Waals surface area contributed by atoms with Gasteiger partial charge in [0.25, 0.3) is 0 Å². The van der Waals surface area contributed by atoms with E-state index in [4.69, 9.17) is 9.66 Å². The van der Waals surface area contributed by atoms with Crippen molar-refractivity contribution in [2.75, 3.05) is 0 Å². The average Bonchev–Trinajstić information content (AvgIpc) is 2.89. The van der Waals surface area contributed by atoms with E-state index in [9.17, 15) is 17.2 Å².